The lowest BCUT2D eigenvalue weighted by atomic mass is 10.2. The van der Waals surface area contributed by atoms with Crippen molar-refractivity contribution in [3.05, 3.63) is 53.6 Å². The molecule has 0 aromatic heterocycles. The SMILES string of the molecule is O=C(O)c1ccc(S(=O)(=O)O)cc1NN=Cc1ccc(S(=O)(=O)CCCl)cc1. The number of rotatable bonds is 8. The quantitative estimate of drug-likeness (QED) is 0.241. The van der Waals surface area contributed by atoms with Gasteiger partial charge in [-0.25, -0.2) is 13.2 Å². The number of hydrogen-bond donors (Lipinski definition) is 3. The molecule has 0 fully saturated rings. The van der Waals surface area contributed by atoms with Gasteiger partial charge in [-0.05, 0) is 35.9 Å². The number of nitrogens with zero attached hydrogens (tertiary/aromatic N) is 1. The lowest BCUT2D eigenvalue weighted by Crippen LogP contribution is -2.07. The highest BCUT2D eigenvalue weighted by Crippen LogP contribution is 2.21. The normalized spacial score (nSPS) is 12.2. The second-order valence-electron chi connectivity index (χ2n) is 5.43. The Morgan fingerprint density at radius 3 is 2.21 bits per heavy atom. The van der Waals surface area contributed by atoms with Gasteiger partial charge in [0.25, 0.3) is 10.1 Å². The summed E-state index contributed by atoms with van der Waals surface area (Å²) in [5.74, 6) is -1.54. The van der Waals surface area contributed by atoms with Crippen molar-refractivity contribution in [1.82, 2.24) is 0 Å². The number of sulfone groups is 1. The minimum absolute atomic E-state index is 0.0238. The number of carbonyl (C=O) groups is 1. The number of nitrogens with one attached hydrogen (secondary N) is 1. The van der Waals surface area contributed by atoms with E-state index in [2.05, 4.69) is 10.5 Å². The molecule has 0 aliphatic rings. The summed E-state index contributed by atoms with van der Waals surface area (Å²) in [5, 5.41) is 13.0. The summed E-state index contributed by atoms with van der Waals surface area (Å²) in [7, 11) is -7.98. The lowest BCUT2D eigenvalue weighted by molar-refractivity contribution is 0.0697. The first kappa shape index (κ1) is 21.8. The van der Waals surface area contributed by atoms with Crippen LogP contribution in [0.4, 0.5) is 5.69 Å². The summed E-state index contributed by atoms with van der Waals surface area (Å²) < 4.78 is 55.3. The van der Waals surface area contributed by atoms with Crippen molar-refractivity contribution in [3.63, 3.8) is 0 Å². The number of aromatic carboxylic acids is 1. The molecule has 0 saturated carbocycles. The Balaban J connectivity index is 2.24. The molecule has 12 heteroatoms. The zero-order valence-corrected chi connectivity index (χ0v) is 16.5. The lowest BCUT2D eigenvalue weighted by Gasteiger charge is -2.07. The topological polar surface area (TPSA) is 150 Å². The maximum atomic E-state index is 11.9. The van der Waals surface area contributed by atoms with Gasteiger partial charge in [0.05, 0.1) is 33.0 Å². The second-order valence-corrected chi connectivity index (χ2v) is 9.34. The Kier molecular flexibility index (Phi) is 6.77. The Bertz CT molecular complexity index is 1110. The van der Waals surface area contributed by atoms with Crippen molar-refractivity contribution in [1.29, 1.82) is 0 Å². The van der Waals surface area contributed by atoms with Crippen LogP contribution < -0.4 is 5.43 Å². The van der Waals surface area contributed by atoms with Crippen LogP contribution in [0.2, 0.25) is 0 Å². The molecule has 0 aliphatic carbocycles. The first-order chi connectivity index (χ1) is 13.0. The largest absolute Gasteiger partial charge is 0.478 e. The second kappa shape index (κ2) is 8.69. The Hall–Kier alpha value is -2.47. The molecule has 3 N–H and O–H groups in total. The van der Waals surface area contributed by atoms with Crippen LogP contribution in [-0.4, -0.2) is 50.3 Å². The van der Waals surface area contributed by atoms with Crippen LogP contribution in [0.5, 0.6) is 0 Å². The van der Waals surface area contributed by atoms with Crippen LogP contribution in [0.3, 0.4) is 0 Å². The van der Waals surface area contributed by atoms with Gasteiger partial charge in [0.1, 0.15) is 0 Å². The Morgan fingerprint density at radius 2 is 1.68 bits per heavy atom. The summed E-state index contributed by atoms with van der Waals surface area (Å²) in [4.78, 5) is 10.8. The van der Waals surface area contributed by atoms with Gasteiger partial charge in [0, 0.05) is 5.88 Å². The van der Waals surface area contributed by atoms with E-state index in [0.29, 0.717) is 5.56 Å². The van der Waals surface area contributed by atoms with Crippen LogP contribution in [0, 0.1) is 0 Å². The first-order valence-electron chi connectivity index (χ1n) is 7.57. The minimum Gasteiger partial charge on any atom is -0.478 e. The standard InChI is InChI=1S/C16H15ClN2O7S2/c17-7-8-27(22,23)12-3-1-11(2-4-12)10-18-19-15-9-13(28(24,25)26)5-6-14(15)16(20)21/h1-6,9-10,19H,7-8H2,(H,20,21)(H,24,25,26). The molecule has 2 rings (SSSR count). The molecule has 0 atom stereocenters. The minimum atomic E-state index is -4.52. The molecule has 2 aromatic carbocycles. The predicted octanol–water partition coefficient (Wildman–Crippen LogP) is 2.09. The van der Waals surface area contributed by atoms with E-state index in [4.69, 9.17) is 21.3 Å². The number of carboxylic acids is 1. The predicted molar refractivity (Wildman–Crippen MR) is 104 cm³/mol. The molecule has 0 radical (unpaired) electrons. The summed E-state index contributed by atoms with van der Waals surface area (Å²) in [6, 6.07) is 8.62. The van der Waals surface area contributed by atoms with Gasteiger partial charge in [0.15, 0.2) is 9.84 Å². The van der Waals surface area contributed by atoms with E-state index in [-0.39, 0.29) is 27.8 Å². The molecule has 9 nitrogen and oxygen atoms in total. The average molecular weight is 447 g/mol. The molecule has 0 heterocycles. The van der Waals surface area contributed by atoms with E-state index in [0.717, 1.165) is 18.2 Å². The molecule has 28 heavy (non-hydrogen) atoms. The fourth-order valence-corrected chi connectivity index (χ4v) is 4.23. The van der Waals surface area contributed by atoms with E-state index >= 15 is 0 Å². The van der Waals surface area contributed by atoms with E-state index in [9.17, 15) is 21.6 Å². The molecule has 0 aliphatic heterocycles. The smallest absolute Gasteiger partial charge is 0.337 e. The molecule has 0 bridgehead atoms. The first-order valence-corrected chi connectivity index (χ1v) is 11.2. The van der Waals surface area contributed by atoms with Crippen molar-refractivity contribution >= 4 is 49.4 Å². The third-order valence-corrected chi connectivity index (χ3v) is 6.50. The van der Waals surface area contributed by atoms with E-state index < -0.39 is 30.8 Å². The average Bonchev–Trinajstić information content (AvgIpc) is 2.61. The number of halogens is 1. The van der Waals surface area contributed by atoms with Crippen molar-refractivity contribution in [2.75, 3.05) is 17.1 Å². The molecule has 150 valence electrons. The van der Waals surface area contributed by atoms with E-state index in [1.54, 1.807) is 0 Å². The van der Waals surface area contributed by atoms with Crippen LogP contribution in [0.15, 0.2) is 57.4 Å². The summed E-state index contributed by atoms with van der Waals surface area (Å²) >= 11 is 5.46. The van der Waals surface area contributed by atoms with Gasteiger partial charge in [-0.15, -0.1) is 11.6 Å². The molecular weight excluding hydrogens is 432 g/mol. The molecule has 0 unspecified atom stereocenters. The van der Waals surface area contributed by atoms with Gasteiger partial charge in [-0.1, -0.05) is 12.1 Å². The van der Waals surface area contributed by atoms with Crippen molar-refractivity contribution in [2.24, 2.45) is 5.10 Å². The van der Waals surface area contributed by atoms with Gasteiger partial charge in [0.2, 0.25) is 0 Å². The number of alkyl halides is 1. The van der Waals surface area contributed by atoms with Crippen LogP contribution >= 0.6 is 11.6 Å². The van der Waals surface area contributed by atoms with Gasteiger partial charge < -0.3 is 5.11 Å². The number of anilines is 1. The number of benzene rings is 2. The van der Waals surface area contributed by atoms with Gasteiger partial charge in [-0.2, -0.15) is 13.5 Å². The van der Waals surface area contributed by atoms with Crippen LogP contribution in [-0.2, 0) is 20.0 Å². The van der Waals surface area contributed by atoms with Crippen LogP contribution in [0.25, 0.3) is 0 Å². The van der Waals surface area contributed by atoms with Crippen molar-refractivity contribution in [3.8, 4) is 0 Å². The van der Waals surface area contributed by atoms with Gasteiger partial charge in [-0.3, -0.25) is 9.98 Å². The van der Waals surface area contributed by atoms with Crippen LogP contribution in [0.1, 0.15) is 15.9 Å². The zero-order chi connectivity index (χ0) is 20.9. The number of hydrazone groups is 1. The maximum Gasteiger partial charge on any atom is 0.337 e. The Labute approximate surface area is 166 Å². The highest BCUT2D eigenvalue weighted by atomic mass is 35.5. The Morgan fingerprint density at radius 1 is 1.07 bits per heavy atom. The summed E-state index contributed by atoms with van der Waals surface area (Å²) in [6.45, 7) is 0. The molecule has 0 saturated heterocycles. The highest BCUT2D eigenvalue weighted by Gasteiger charge is 2.16. The monoisotopic (exact) mass is 446 g/mol. The van der Waals surface area contributed by atoms with Crippen molar-refractivity contribution < 1.29 is 31.3 Å². The van der Waals surface area contributed by atoms with Crippen molar-refractivity contribution in [2.45, 2.75) is 9.79 Å². The molecule has 2 aromatic rings. The summed E-state index contributed by atoms with van der Waals surface area (Å²) in [5.41, 5.74) is 2.49. The number of carboxylic acid groups (broad SMARTS) is 1. The molecular formula is C16H15ClN2O7S2. The fourth-order valence-electron chi connectivity index (χ4n) is 2.12. The van der Waals surface area contributed by atoms with Gasteiger partial charge >= 0.3 is 5.97 Å². The van der Waals surface area contributed by atoms with E-state index in [1.807, 2.05) is 0 Å². The molecule has 0 amide bonds. The maximum absolute atomic E-state index is 11.9. The molecule has 0 spiro atoms. The highest BCUT2D eigenvalue weighted by molar-refractivity contribution is 7.91. The third kappa shape index (κ3) is 5.52. The fraction of sp³-hybridized carbons (Fsp3) is 0.125. The number of hydrogen-bond acceptors (Lipinski definition) is 7. The van der Waals surface area contributed by atoms with E-state index in [1.165, 1.54) is 30.5 Å². The summed E-state index contributed by atoms with van der Waals surface area (Å²) in [6.07, 6.45) is 1.28. The zero-order valence-electron chi connectivity index (χ0n) is 14.1. The third-order valence-electron chi connectivity index (χ3n) is 3.50.